The number of likely N-dealkylation sites (N-methyl/N-ethyl adjacent to an activating group) is 1. The van der Waals surface area contributed by atoms with Crippen LogP contribution < -0.4 is 0 Å². The van der Waals surface area contributed by atoms with Crippen molar-refractivity contribution in [2.75, 3.05) is 33.4 Å². The molecule has 0 saturated heterocycles. The highest BCUT2D eigenvalue weighted by molar-refractivity contribution is 4.40. The zero-order valence-corrected chi connectivity index (χ0v) is 8.67. The Hall–Kier alpha value is -0.120. The van der Waals surface area contributed by atoms with Gasteiger partial charge in [0.25, 0.3) is 0 Å². The molecule has 3 heteroatoms. The highest BCUT2D eigenvalue weighted by Crippen LogP contribution is 1.94. The number of hydrogen-bond donors (Lipinski definition) is 0. The summed E-state index contributed by atoms with van der Waals surface area (Å²) in [5.74, 6) is 0.583. The summed E-state index contributed by atoms with van der Waals surface area (Å²) in [5.41, 5.74) is 0. The van der Waals surface area contributed by atoms with E-state index in [9.17, 15) is 0 Å². The molecule has 0 radical (unpaired) electrons. The van der Waals surface area contributed by atoms with Gasteiger partial charge in [-0.25, -0.2) is 0 Å². The number of ether oxygens (including phenoxy) is 1. The summed E-state index contributed by atoms with van der Waals surface area (Å²) in [4.78, 5) is 5.40. The minimum Gasteiger partial charge on any atom is -0.380 e. The Morgan fingerprint density at radius 2 is 2.00 bits per heavy atom. The van der Waals surface area contributed by atoms with Crippen molar-refractivity contribution >= 4 is 0 Å². The topological polar surface area (TPSA) is 21.7 Å². The van der Waals surface area contributed by atoms with Crippen molar-refractivity contribution in [2.45, 2.75) is 20.8 Å². The summed E-state index contributed by atoms with van der Waals surface area (Å²) in [6.45, 7) is 9.40. The smallest absolute Gasteiger partial charge is 0.0707 e. The van der Waals surface area contributed by atoms with Crippen LogP contribution in [0.2, 0.25) is 0 Å². The van der Waals surface area contributed by atoms with Crippen molar-refractivity contribution < 1.29 is 9.57 Å². The highest BCUT2D eigenvalue weighted by Gasteiger charge is 1.99. The molecule has 0 rings (SSSR count). The Balaban J connectivity index is 3.15. The summed E-state index contributed by atoms with van der Waals surface area (Å²) in [5, 5.41) is 1.83. The molecule has 0 aliphatic heterocycles. The summed E-state index contributed by atoms with van der Waals surface area (Å²) in [6, 6.07) is 0. The SMILES string of the molecule is CCOCCN(C)OCC(C)C. The molecule has 0 unspecified atom stereocenters. The lowest BCUT2D eigenvalue weighted by Gasteiger charge is -2.17. The molecule has 0 heterocycles. The molecule has 0 aromatic rings. The zero-order chi connectivity index (χ0) is 9.40. The van der Waals surface area contributed by atoms with Crippen LogP contribution in [0.5, 0.6) is 0 Å². The maximum Gasteiger partial charge on any atom is 0.0707 e. The van der Waals surface area contributed by atoms with Crippen molar-refractivity contribution in [3.8, 4) is 0 Å². The van der Waals surface area contributed by atoms with E-state index in [0.29, 0.717) is 5.92 Å². The van der Waals surface area contributed by atoms with Crippen LogP contribution in [0.3, 0.4) is 0 Å². The van der Waals surface area contributed by atoms with Gasteiger partial charge in [0.05, 0.1) is 13.2 Å². The fourth-order valence-corrected chi connectivity index (χ4v) is 0.678. The van der Waals surface area contributed by atoms with Gasteiger partial charge in [0, 0.05) is 20.2 Å². The van der Waals surface area contributed by atoms with Gasteiger partial charge < -0.3 is 4.74 Å². The highest BCUT2D eigenvalue weighted by atomic mass is 16.7. The number of hydrogen-bond acceptors (Lipinski definition) is 3. The van der Waals surface area contributed by atoms with E-state index in [1.165, 1.54) is 0 Å². The van der Waals surface area contributed by atoms with Gasteiger partial charge in [-0.1, -0.05) is 13.8 Å². The first-order valence-electron chi connectivity index (χ1n) is 4.58. The number of hydroxylamine groups is 2. The van der Waals surface area contributed by atoms with E-state index in [1.54, 1.807) is 0 Å². The van der Waals surface area contributed by atoms with Gasteiger partial charge >= 0.3 is 0 Å². The molecule has 0 aromatic heterocycles. The van der Waals surface area contributed by atoms with Gasteiger partial charge in [-0.15, -0.1) is 0 Å². The van der Waals surface area contributed by atoms with E-state index >= 15 is 0 Å². The van der Waals surface area contributed by atoms with E-state index in [-0.39, 0.29) is 0 Å². The summed E-state index contributed by atoms with van der Waals surface area (Å²) in [6.07, 6.45) is 0. The Morgan fingerprint density at radius 1 is 1.33 bits per heavy atom. The predicted octanol–water partition coefficient (Wildman–Crippen LogP) is 1.54. The molecule has 3 nitrogen and oxygen atoms in total. The molecule has 0 amide bonds. The lowest BCUT2D eigenvalue weighted by molar-refractivity contribution is -0.155. The van der Waals surface area contributed by atoms with Gasteiger partial charge in [-0.05, 0) is 12.8 Å². The fourth-order valence-electron chi connectivity index (χ4n) is 0.678. The second-order valence-corrected chi connectivity index (χ2v) is 3.24. The molecule has 0 aliphatic carbocycles. The van der Waals surface area contributed by atoms with Crippen LogP contribution in [-0.4, -0.2) is 38.5 Å². The first-order chi connectivity index (χ1) is 5.66. The molecule has 0 N–H and O–H groups in total. The monoisotopic (exact) mass is 175 g/mol. The average Bonchev–Trinajstić information content (AvgIpc) is 2.01. The van der Waals surface area contributed by atoms with Crippen LogP contribution in [-0.2, 0) is 9.57 Å². The molecule has 0 bridgehead atoms. The first kappa shape index (κ1) is 11.9. The van der Waals surface area contributed by atoms with E-state index in [4.69, 9.17) is 9.57 Å². The quantitative estimate of drug-likeness (QED) is 0.433. The van der Waals surface area contributed by atoms with Gasteiger partial charge in [-0.3, -0.25) is 4.84 Å². The second-order valence-electron chi connectivity index (χ2n) is 3.24. The maximum absolute atomic E-state index is 5.40. The Morgan fingerprint density at radius 3 is 2.50 bits per heavy atom. The minimum absolute atomic E-state index is 0.583. The van der Waals surface area contributed by atoms with Gasteiger partial charge in [-0.2, -0.15) is 5.06 Å². The number of rotatable bonds is 7. The van der Waals surface area contributed by atoms with Crippen molar-refractivity contribution in [3.63, 3.8) is 0 Å². The normalized spacial score (nSPS) is 11.5. The van der Waals surface area contributed by atoms with Gasteiger partial charge in [0.1, 0.15) is 0 Å². The number of nitrogens with zero attached hydrogens (tertiary/aromatic N) is 1. The van der Waals surface area contributed by atoms with Crippen LogP contribution in [0.1, 0.15) is 20.8 Å². The molecular weight excluding hydrogens is 154 g/mol. The summed E-state index contributed by atoms with van der Waals surface area (Å²) in [7, 11) is 1.93. The third-order valence-electron chi connectivity index (χ3n) is 1.38. The van der Waals surface area contributed by atoms with Crippen molar-refractivity contribution in [2.24, 2.45) is 5.92 Å². The largest absolute Gasteiger partial charge is 0.380 e. The van der Waals surface area contributed by atoms with E-state index in [1.807, 2.05) is 19.0 Å². The van der Waals surface area contributed by atoms with Gasteiger partial charge in [0.2, 0.25) is 0 Å². The van der Waals surface area contributed by atoms with Gasteiger partial charge in [0.15, 0.2) is 0 Å². The molecular formula is C9H21NO2. The average molecular weight is 175 g/mol. The Bertz CT molecular complexity index is 96.5. The maximum atomic E-state index is 5.40. The third-order valence-corrected chi connectivity index (χ3v) is 1.38. The standard InChI is InChI=1S/C9H21NO2/c1-5-11-7-6-10(4)12-8-9(2)3/h9H,5-8H2,1-4H3. The molecule has 12 heavy (non-hydrogen) atoms. The fraction of sp³-hybridized carbons (Fsp3) is 1.00. The van der Waals surface area contributed by atoms with Crippen LogP contribution in [0.25, 0.3) is 0 Å². The van der Waals surface area contributed by atoms with Crippen LogP contribution in [0.4, 0.5) is 0 Å². The second kappa shape index (κ2) is 7.53. The first-order valence-corrected chi connectivity index (χ1v) is 4.58. The Kier molecular flexibility index (Phi) is 7.45. The molecule has 0 aromatic carbocycles. The predicted molar refractivity (Wildman–Crippen MR) is 49.9 cm³/mol. The lowest BCUT2D eigenvalue weighted by atomic mass is 10.2. The molecule has 0 saturated carbocycles. The van der Waals surface area contributed by atoms with Crippen molar-refractivity contribution in [1.82, 2.24) is 5.06 Å². The summed E-state index contributed by atoms with van der Waals surface area (Å²) < 4.78 is 5.19. The Labute approximate surface area is 75.6 Å². The molecule has 74 valence electrons. The zero-order valence-electron chi connectivity index (χ0n) is 8.67. The summed E-state index contributed by atoms with van der Waals surface area (Å²) >= 11 is 0. The van der Waals surface area contributed by atoms with E-state index in [2.05, 4.69) is 13.8 Å². The van der Waals surface area contributed by atoms with E-state index < -0.39 is 0 Å². The van der Waals surface area contributed by atoms with Crippen LogP contribution >= 0.6 is 0 Å². The molecule has 0 fully saturated rings. The molecule has 0 aliphatic rings. The molecule has 0 atom stereocenters. The van der Waals surface area contributed by atoms with Crippen molar-refractivity contribution in [1.29, 1.82) is 0 Å². The van der Waals surface area contributed by atoms with Crippen molar-refractivity contribution in [3.05, 3.63) is 0 Å². The van der Waals surface area contributed by atoms with Crippen LogP contribution in [0.15, 0.2) is 0 Å². The minimum atomic E-state index is 0.583. The third kappa shape index (κ3) is 7.98. The van der Waals surface area contributed by atoms with E-state index in [0.717, 1.165) is 26.4 Å². The molecule has 0 spiro atoms. The lowest BCUT2D eigenvalue weighted by Crippen LogP contribution is -2.25. The van der Waals surface area contributed by atoms with Crippen LogP contribution in [0, 0.1) is 5.92 Å².